The zero-order valence-electron chi connectivity index (χ0n) is 7.66. The van der Waals surface area contributed by atoms with Crippen LogP contribution < -0.4 is 0 Å². The minimum Gasteiger partial charge on any atom is -0.479 e. The van der Waals surface area contributed by atoms with E-state index in [1.807, 2.05) is 0 Å². The highest BCUT2D eigenvalue weighted by atomic mass is 16.6. The van der Waals surface area contributed by atoms with Gasteiger partial charge in [0.05, 0.1) is 4.92 Å². The fourth-order valence-electron chi connectivity index (χ4n) is 1.06. The second-order valence-electron chi connectivity index (χ2n) is 2.98. The highest BCUT2D eigenvalue weighted by Gasteiger charge is 2.14. The van der Waals surface area contributed by atoms with Crippen LogP contribution in [0.4, 0.5) is 5.69 Å². The Hall–Kier alpha value is -1.95. The first kappa shape index (κ1) is 11.1. The quantitative estimate of drug-likeness (QED) is 0.560. The van der Waals surface area contributed by atoms with Gasteiger partial charge in [0.15, 0.2) is 6.10 Å². The molecular weight excluding hydrogens is 202 g/mol. The van der Waals surface area contributed by atoms with Crippen LogP contribution in [0.25, 0.3) is 0 Å². The first-order chi connectivity index (χ1) is 7.00. The summed E-state index contributed by atoms with van der Waals surface area (Å²) in [6.45, 7) is 0. The molecule has 1 aromatic rings. The lowest BCUT2D eigenvalue weighted by molar-refractivity contribution is -0.384. The van der Waals surface area contributed by atoms with Gasteiger partial charge in [-0.1, -0.05) is 12.1 Å². The van der Waals surface area contributed by atoms with E-state index in [-0.39, 0.29) is 12.1 Å². The van der Waals surface area contributed by atoms with Crippen LogP contribution in [0.15, 0.2) is 24.3 Å². The molecule has 2 N–H and O–H groups in total. The van der Waals surface area contributed by atoms with Crippen molar-refractivity contribution in [2.75, 3.05) is 0 Å². The number of hydrogen-bond acceptors (Lipinski definition) is 4. The summed E-state index contributed by atoms with van der Waals surface area (Å²) in [5.41, 5.74) is 0.471. The summed E-state index contributed by atoms with van der Waals surface area (Å²) in [7, 11) is 0. The molecule has 0 amide bonds. The van der Waals surface area contributed by atoms with Crippen LogP contribution in [0.1, 0.15) is 5.56 Å². The second-order valence-corrected chi connectivity index (χ2v) is 2.98. The Kier molecular flexibility index (Phi) is 3.35. The van der Waals surface area contributed by atoms with Gasteiger partial charge in [0.1, 0.15) is 0 Å². The van der Waals surface area contributed by atoms with Crippen molar-refractivity contribution in [3.8, 4) is 0 Å². The van der Waals surface area contributed by atoms with Gasteiger partial charge < -0.3 is 10.2 Å². The number of carboxylic acids is 1. The summed E-state index contributed by atoms with van der Waals surface area (Å²) in [6.07, 6.45) is -1.54. The molecule has 1 aromatic carbocycles. The van der Waals surface area contributed by atoms with Crippen LogP contribution in [0.3, 0.4) is 0 Å². The predicted molar refractivity (Wildman–Crippen MR) is 50.4 cm³/mol. The van der Waals surface area contributed by atoms with Gasteiger partial charge >= 0.3 is 5.97 Å². The number of nitro benzene ring substituents is 1. The third-order valence-electron chi connectivity index (χ3n) is 1.86. The Balaban J connectivity index is 2.72. The zero-order valence-corrected chi connectivity index (χ0v) is 7.66. The van der Waals surface area contributed by atoms with Crippen LogP contribution in [0.5, 0.6) is 0 Å². The van der Waals surface area contributed by atoms with Crippen molar-refractivity contribution >= 4 is 11.7 Å². The highest BCUT2D eigenvalue weighted by Crippen LogP contribution is 2.13. The zero-order chi connectivity index (χ0) is 11.4. The predicted octanol–water partition coefficient (Wildman–Crippen LogP) is 0.583. The van der Waals surface area contributed by atoms with Crippen molar-refractivity contribution in [2.45, 2.75) is 12.5 Å². The van der Waals surface area contributed by atoms with Crippen molar-refractivity contribution in [2.24, 2.45) is 0 Å². The molecule has 0 saturated heterocycles. The molecular formula is C9H9NO5. The minimum atomic E-state index is -1.48. The van der Waals surface area contributed by atoms with Gasteiger partial charge in [0.25, 0.3) is 5.69 Å². The maximum Gasteiger partial charge on any atom is 0.332 e. The lowest BCUT2D eigenvalue weighted by atomic mass is 10.1. The Bertz CT molecular complexity index is 373. The van der Waals surface area contributed by atoms with Gasteiger partial charge in [-0.3, -0.25) is 10.1 Å². The third-order valence-corrected chi connectivity index (χ3v) is 1.86. The number of non-ortho nitro benzene ring substituents is 1. The summed E-state index contributed by atoms with van der Waals surface area (Å²) in [4.78, 5) is 20.1. The molecule has 0 fully saturated rings. The van der Waals surface area contributed by atoms with Crippen LogP contribution in [-0.4, -0.2) is 27.2 Å². The van der Waals surface area contributed by atoms with E-state index >= 15 is 0 Å². The number of nitrogens with zero attached hydrogens (tertiary/aromatic N) is 1. The molecule has 80 valence electrons. The van der Waals surface area contributed by atoms with Crippen molar-refractivity contribution in [3.05, 3.63) is 39.9 Å². The Morgan fingerprint density at radius 2 is 1.93 bits per heavy atom. The number of rotatable bonds is 4. The van der Waals surface area contributed by atoms with E-state index < -0.39 is 17.0 Å². The first-order valence-electron chi connectivity index (χ1n) is 4.15. The molecule has 0 aliphatic rings. The van der Waals surface area contributed by atoms with E-state index in [1.54, 1.807) is 0 Å². The molecule has 0 aliphatic carbocycles. The first-order valence-corrected chi connectivity index (χ1v) is 4.15. The fraction of sp³-hybridized carbons (Fsp3) is 0.222. The van der Waals surface area contributed by atoms with Gasteiger partial charge in [0.2, 0.25) is 0 Å². The molecule has 0 saturated carbocycles. The van der Waals surface area contributed by atoms with Gasteiger partial charge in [-0.25, -0.2) is 4.79 Å². The Morgan fingerprint density at radius 3 is 2.33 bits per heavy atom. The molecule has 6 heteroatoms. The van der Waals surface area contributed by atoms with Crippen LogP contribution in [0, 0.1) is 10.1 Å². The van der Waals surface area contributed by atoms with E-state index in [2.05, 4.69) is 0 Å². The van der Waals surface area contributed by atoms with E-state index in [4.69, 9.17) is 10.2 Å². The average molecular weight is 211 g/mol. The maximum atomic E-state index is 10.3. The average Bonchev–Trinajstić information content (AvgIpc) is 2.18. The molecule has 15 heavy (non-hydrogen) atoms. The van der Waals surface area contributed by atoms with E-state index in [1.165, 1.54) is 24.3 Å². The van der Waals surface area contributed by atoms with Gasteiger partial charge in [-0.15, -0.1) is 0 Å². The summed E-state index contributed by atoms with van der Waals surface area (Å²) < 4.78 is 0. The largest absolute Gasteiger partial charge is 0.479 e. The van der Waals surface area contributed by atoms with Crippen molar-refractivity contribution in [3.63, 3.8) is 0 Å². The molecule has 1 unspecified atom stereocenters. The molecule has 1 atom stereocenters. The number of benzene rings is 1. The van der Waals surface area contributed by atoms with Gasteiger partial charge in [-0.2, -0.15) is 0 Å². The Labute approximate surface area is 84.9 Å². The minimum absolute atomic E-state index is 0.0622. The van der Waals surface area contributed by atoms with E-state index in [9.17, 15) is 14.9 Å². The molecule has 0 aromatic heterocycles. The molecule has 0 spiro atoms. The molecule has 0 radical (unpaired) electrons. The smallest absolute Gasteiger partial charge is 0.332 e. The van der Waals surface area contributed by atoms with Gasteiger partial charge in [-0.05, 0) is 5.56 Å². The van der Waals surface area contributed by atoms with Crippen LogP contribution >= 0.6 is 0 Å². The van der Waals surface area contributed by atoms with Gasteiger partial charge in [0, 0.05) is 18.6 Å². The lowest BCUT2D eigenvalue weighted by Gasteiger charge is -2.04. The number of aliphatic hydroxyl groups is 1. The topological polar surface area (TPSA) is 101 Å². The number of aliphatic hydroxyl groups excluding tert-OH is 1. The van der Waals surface area contributed by atoms with E-state index in [0.29, 0.717) is 5.56 Å². The molecule has 6 nitrogen and oxygen atoms in total. The third kappa shape index (κ3) is 3.03. The maximum absolute atomic E-state index is 10.3. The number of carboxylic acid groups (broad SMARTS) is 1. The molecule has 0 heterocycles. The summed E-state index contributed by atoms with van der Waals surface area (Å²) in [6, 6.07) is 5.38. The van der Waals surface area contributed by atoms with Crippen molar-refractivity contribution in [1.82, 2.24) is 0 Å². The van der Waals surface area contributed by atoms with Crippen molar-refractivity contribution in [1.29, 1.82) is 0 Å². The Morgan fingerprint density at radius 1 is 1.40 bits per heavy atom. The van der Waals surface area contributed by atoms with Crippen LogP contribution in [0.2, 0.25) is 0 Å². The highest BCUT2D eigenvalue weighted by molar-refractivity contribution is 5.72. The summed E-state index contributed by atoms with van der Waals surface area (Å²) in [5, 5.41) is 27.8. The molecule has 1 rings (SSSR count). The monoisotopic (exact) mass is 211 g/mol. The standard InChI is InChI=1S/C9H9NO5/c11-8(9(12)13)5-6-1-3-7(4-2-6)10(14)15/h1-4,8,11H,5H2,(H,12,13). The molecule has 0 bridgehead atoms. The number of nitro groups is 1. The lowest BCUT2D eigenvalue weighted by Crippen LogP contribution is -2.21. The molecule has 0 aliphatic heterocycles. The number of aliphatic carboxylic acids is 1. The van der Waals surface area contributed by atoms with Crippen molar-refractivity contribution < 1.29 is 19.9 Å². The van der Waals surface area contributed by atoms with Crippen LogP contribution in [-0.2, 0) is 11.2 Å². The fourth-order valence-corrected chi connectivity index (χ4v) is 1.06. The summed E-state index contributed by atoms with van der Waals surface area (Å²) >= 11 is 0. The second kappa shape index (κ2) is 4.52. The number of carbonyl (C=O) groups is 1. The van der Waals surface area contributed by atoms with E-state index in [0.717, 1.165) is 0 Å². The normalized spacial score (nSPS) is 12.1. The summed E-state index contributed by atoms with van der Waals surface area (Å²) in [5.74, 6) is -1.31. The SMILES string of the molecule is O=C(O)C(O)Cc1ccc([N+](=O)[O-])cc1. The number of hydrogen-bond donors (Lipinski definition) is 2.